The van der Waals surface area contributed by atoms with E-state index in [4.69, 9.17) is 0 Å². The molecule has 1 atom stereocenters. The average molecular weight is 280 g/mol. The Bertz CT molecular complexity index is 467. The molecule has 1 aromatic rings. The Kier molecular flexibility index (Phi) is 3.81. The number of aromatic nitrogens is 1. The van der Waals surface area contributed by atoms with Crippen LogP contribution in [0, 0.1) is 0 Å². The van der Waals surface area contributed by atoms with Crippen molar-refractivity contribution in [1.82, 2.24) is 15.2 Å². The highest BCUT2D eigenvalue weighted by atomic mass is 32.1. The van der Waals surface area contributed by atoms with Crippen LogP contribution in [0.3, 0.4) is 0 Å². The third kappa shape index (κ3) is 2.80. The summed E-state index contributed by atoms with van der Waals surface area (Å²) < 4.78 is 0. The molecule has 6 heteroatoms. The number of likely N-dealkylation sites (N-methyl/N-ethyl adjacent to an activating group) is 1. The molecular weight excluding hydrogens is 260 g/mol. The van der Waals surface area contributed by atoms with E-state index in [0.29, 0.717) is 0 Å². The number of thiazole rings is 1. The van der Waals surface area contributed by atoms with Gasteiger partial charge < -0.3 is 10.6 Å². The normalized spacial score (nSPS) is 23.3. The van der Waals surface area contributed by atoms with Crippen molar-refractivity contribution in [2.75, 3.05) is 25.0 Å². The van der Waals surface area contributed by atoms with Crippen LogP contribution >= 0.6 is 11.3 Å². The van der Waals surface area contributed by atoms with Crippen LogP contribution in [0.25, 0.3) is 0 Å². The zero-order valence-electron chi connectivity index (χ0n) is 11.2. The third-order valence-corrected chi connectivity index (χ3v) is 4.86. The summed E-state index contributed by atoms with van der Waals surface area (Å²) in [5.74, 6) is 0.0657. The molecular formula is C13H20N4OS. The first-order chi connectivity index (χ1) is 9.26. The number of carbonyl (C=O) groups excluding carboxylic acids is 1. The van der Waals surface area contributed by atoms with E-state index in [0.717, 1.165) is 50.6 Å². The van der Waals surface area contributed by atoms with Gasteiger partial charge in [0, 0.05) is 24.4 Å². The van der Waals surface area contributed by atoms with Crippen molar-refractivity contribution < 1.29 is 4.79 Å². The monoisotopic (exact) mass is 280 g/mol. The van der Waals surface area contributed by atoms with Crippen LogP contribution in [0.2, 0.25) is 0 Å². The Hall–Kier alpha value is -0.980. The smallest absolute Gasteiger partial charge is 0.243 e. The van der Waals surface area contributed by atoms with Gasteiger partial charge in [0.2, 0.25) is 5.91 Å². The highest BCUT2D eigenvalue weighted by Crippen LogP contribution is 2.28. The molecule has 1 amide bonds. The highest BCUT2D eigenvalue weighted by Gasteiger charge is 2.24. The van der Waals surface area contributed by atoms with E-state index >= 15 is 0 Å². The summed E-state index contributed by atoms with van der Waals surface area (Å²) in [5, 5.41) is 6.94. The molecule has 1 fully saturated rings. The molecule has 0 radical (unpaired) electrons. The molecule has 3 heterocycles. The van der Waals surface area contributed by atoms with E-state index in [1.165, 1.54) is 10.6 Å². The lowest BCUT2D eigenvalue weighted by Crippen LogP contribution is -2.35. The number of hydrogen-bond acceptors (Lipinski definition) is 5. The molecule has 3 rings (SSSR count). The van der Waals surface area contributed by atoms with E-state index < -0.39 is 0 Å². The fourth-order valence-electron chi connectivity index (χ4n) is 2.67. The summed E-state index contributed by atoms with van der Waals surface area (Å²) in [4.78, 5) is 20.3. The maximum absolute atomic E-state index is 12.0. The van der Waals surface area contributed by atoms with Crippen LogP contribution in [0.15, 0.2) is 0 Å². The molecule has 19 heavy (non-hydrogen) atoms. The first kappa shape index (κ1) is 13.0. The maximum atomic E-state index is 12.0. The Morgan fingerprint density at radius 3 is 3.26 bits per heavy atom. The van der Waals surface area contributed by atoms with Crippen molar-refractivity contribution in [3.05, 3.63) is 10.6 Å². The van der Waals surface area contributed by atoms with Gasteiger partial charge in [0.1, 0.15) is 0 Å². The van der Waals surface area contributed by atoms with Gasteiger partial charge in [-0.2, -0.15) is 0 Å². The number of fused-ring (bicyclic) bond motifs is 1. The molecule has 5 nitrogen and oxygen atoms in total. The van der Waals surface area contributed by atoms with Crippen LogP contribution in [0.1, 0.15) is 30.3 Å². The lowest BCUT2D eigenvalue weighted by molar-refractivity contribution is -0.117. The molecule has 0 aromatic carbocycles. The Morgan fingerprint density at radius 1 is 1.63 bits per heavy atom. The lowest BCUT2D eigenvalue weighted by atomic mass is 10.2. The summed E-state index contributed by atoms with van der Waals surface area (Å²) in [6, 6.07) is -0.0342. The molecule has 1 unspecified atom stereocenters. The number of amides is 1. The molecule has 0 saturated carbocycles. The van der Waals surface area contributed by atoms with Gasteiger partial charge in [0.15, 0.2) is 5.13 Å². The number of nitrogens with one attached hydrogen (secondary N) is 2. The zero-order chi connectivity index (χ0) is 13.2. The standard InChI is InChI=1S/C13H20N4OS/c1-2-17-7-5-9-11(8-17)19-13(15-9)16-12(18)10-4-3-6-14-10/h10,14H,2-8H2,1H3,(H,15,16,18). The second-order valence-corrected chi connectivity index (χ2v) is 6.23. The van der Waals surface area contributed by atoms with Gasteiger partial charge in [0.25, 0.3) is 0 Å². The Labute approximate surface area is 117 Å². The molecule has 2 N–H and O–H groups in total. The van der Waals surface area contributed by atoms with Crippen LogP contribution in [0.4, 0.5) is 5.13 Å². The fraction of sp³-hybridized carbons (Fsp3) is 0.692. The summed E-state index contributed by atoms with van der Waals surface area (Å²) in [6.07, 6.45) is 3.01. The summed E-state index contributed by atoms with van der Waals surface area (Å²) in [6.45, 7) is 6.25. The molecule has 2 aliphatic rings. The molecule has 0 spiro atoms. The van der Waals surface area contributed by atoms with Crippen molar-refractivity contribution >= 4 is 22.4 Å². The minimum atomic E-state index is -0.0342. The minimum Gasteiger partial charge on any atom is -0.306 e. The summed E-state index contributed by atoms with van der Waals surface area (Å²) >= 11 is 1.63. The van der Waals surface area contributed by atoms with Gasteiger partial charge in [-0.25, -0.2) is 4.98 Å². The van der Waals surface area contributed by atoms with E-state index in [1.807, 2.05) is 0 Å². The second-order valence-electron chi connectivity index (χ2n) is 5.15. The molecule has 104 valence electrons. The fourth-order valence-corrected chi connectivity index (χ4v) is 3.73. The van der Waals surface area contributed by atoms with Gasteiger partial charge in [-0.1, -0.05) is 6.92 Å². The van der Waals surface area contributed by atoms with Gasteiger partial charge in [0.05, 0.1) is 11.7 Å². The number of nitrogens with zero attached hydrogens (tertiary/aromatic N) is 2. The Balaban J connectivity index is 1.66. The van der Waals surface area contributed by atoms with Crippen LogP contribution in [-0.2, 0) is 17.8 Å². The van der Waals surface area contributed by atoms with E-state index in [1.54, 1.807) is 11.3 Å². The minimum absolute atomic E-state index is 0.0342. The van der Waals surface area contributed by atoms with Crippen molar-refractivity contribution in [3.63, 3.8) is 0 Å². The predicted octanol–water partition coefficient (Wildman–Crippen LogP) is 1.21. The van der Waals surface area contributed by atoms with Gasteiger partial charge in [-0.15, -0.1) is 11.3 Å². The van der Waals surface area contributed by atoms with E-state index in [2.05, 4.69) is 27.4 Å². The van der Waals surface area contributed by atoms with Crippen molar-refractivity contribution in [1.29, 1.82) is 0 Å². The Morgan fingerprint density at radius 2 is 2.53 bits per heavy atom. The molecule has 1 saturated heterocycles. The van der Waals surface area contributed by atoms with Crippen molar-refractivity contribution in [2.24, 2.45) is 0 Å². The highest BCUT2D eigenvalue weighted by molar-refractivity contribution is 7.15. The van der Waals surface area contributed by atoms with Crippen LogP contribution < -0.4 is 10.6 Å². The van der Waals surface area contributed by atoms with Crippen LogP contribution in [-0.4, -0.2) is 41.5 Å². The number of carbonyl (C=O) groups is 1. The number of hydrogen-bond donors (Lipinski definition) is 2. The quantitative estimate of drug-likeness (QED) is 0.874. The average Bonchev–Trinajstić information content (AvgIpc) is 3.06. The van der Waals surface area contributed by atoms with Crippen molar-refractivity contribution in [3.8, 4) is 0 Å². The van der Waals surface area contributed by atoms with Gasteiger partial charge in [-0.05, 0) is 25.9 Å². The molecule has 1 aromatic heterocycles. The second kappa shape index (κ2) is 5.56. The molecule has 0 bridgehead atoms. The number of rotatable bonds is 3. The predicted molar refractivity (Wildman–Crippen MR) is 76.4 cm³/mol. The number of anilines is 1. The van der Waals surface area contributed by atoms with E-state index in [9.17, 15) is 4.79 Å². The lowest BCUT2D eigenvalue weighted by Gasteiger charge is -2.23. The largest absolute Gasteiger partial charge is 0.306 e. The van der Waals surface area contributed by atoms with Crippen molar-refractivity contribution in [2.45, 2.75) is 38.8 Å². The van der Waals surface area contributed by atoms with Crippen LogP contribution in [0.5, 0.6) is 0 Å². The first-order valence-electron chi connectivity index (χ1n) is 7.01. The summed E-state index contributed by atoms with van der Waals surface area (Å²) in [5.41, 5.74) is 1.17. The van der Waals surface area contributed by atoms with Gasteiger partial charge >= 0.3 is 0 Å². The maximum Gasteiger partial charge on any atom is 0.243 e. The van der Waals surface area contributed by atoms with Gasteiger partial charge in [-0.3, -0.25) is 9.69 Å². The third-order valence-electron chi connectivity index (χ3n) is 3.86. The summed E-state index contributed by atoms with van der Waals surface area (Å²) in [7, 11) is 0. The topological polar surface area (TPSA) is 57.3 Å². The SMILES string of the molecule is CCN1CCc2nc(NC(=O)C3CCCN3)sc2C1. The zero-order valence-corrected chi connectivity index (χ0v) is 12.1. The van der Waals surface area contributed by atoms with E-state index in [-0.39, 0.29) is 11.9 Å². The molecule has 0 aliphatic carbocycles. The first-order valence-corrected chi connectivity index (χ1v) is 7.83. The molecule has 2 aliphatic heterocycles.